The van der Waals surface area contributed by atoms with Crippen molar-refractivity contribution >= 4 is 0 Å². The van der Waals surface area contributed by atoms with E-state index in [0.717, 1.165) is 24.3 Å². The molecule has 1 atom stereocenters. The lowest BCUT2D eigenvalue weighted by Crippen LogP contribution is -2.15. The molecule has 0 saturated carbocycles. The van der Waals surface area contributed by atoms with Crippen molar-refractivity contribution in [3.8, 4) is 5.75 Å². The van der Waals surface area contributed by atoms with Crippen LogP contribution in [0, 0.1) is 0 Å². The fourth-order valence-electron chi connectivity index (χ4n) is 1.50. The maximum Gasteiger partial charge on any atom is 0.119 e. The molecule has 0 heterocycles. The first-order valence-corrected chi connectivity index (χ1v) is 5.69. The first-order chi connectivity index (χ1) is 7.63. The monoisotopic (exact) mass is 223 g/mol. The highest BCUT2D eigenvalue weighted by molar-refractivity contribution is 5.28. The molecular formula is C13H21NO2. The van der Waals surface area contributed by atoms with Gasteiger partial charge in [0.15, 0.2) is 0 Å². The average molecular weight is 223 g/mol. The summed E-state index contributed by atoms with van der Waals surface area (Å²) in [5, 5.41) is 9.92. The molecule has 0 saturated heterocycles. The standard InChI is InChI=1S/C13H21NO2/c1-4-16-12-7-5-11(6-8-12)13(15)9-10-14(2)3/h5-8,13,15H,4,9-10H2,1-3H3. The van der Waals surface area contributed by atoms with Gasteiger partial charge in [0.05, 0.1) is 12.7 Å². The summed E-state index contributed by atoms with van der Waals surface area (Å²) in [6, 6.07) is 7.64. The number of ether oxygens (including phenoxy) is 1. The number of hydrogen-bond donors (Lipinski definition) is 1. The molecule has 1 rings (SSSR count). The SMILES string of the molecule is CCOc1ccc(C(O)CCN(C)C)cc1. The van der Waals surface area contributed by atoms with Gasteiger partial charge in [0, 0.05) is 6.54 Å². The maximum absolute atomic E-state index is 9.92. The summed E-state index contributed by atoms with van der Waals surface area (Å²) in [6.45, 7) is 3.51. The lowest BCUT2D eigenvalue weighted by Gasteiger charge is -2.15. The van der Waals surface area contributed by atoms with E-state index in [0.29, 0.717) is 6.61 Å². The Morgan fingerprint density at radius 2 is 1.88 bits per heavy atom. The topological polar surface area (TPSA) is 32.7 Å². The van der Waals surface area contributed by atoms with E-state index in [1.54, 1.807) is 0 Å². The van der Waals surface area contributed by atoms with Crippen LogP contribution in [0.2, 0.25) is 0 Å². The molecular weight excluding hydrogens is 202 g/mol. The molecule has 1 aromatic rings. The van der Waals surface area contributed by atoms with Crippen molar-refractivity contribution < 1.29 is 9.84 Å². The van der Waals surface area contributed by atoms with Crippen molar-refractivity contribution in [2.24, 2.45) is 0 Å². The lowest BCUT2D eigenvalue weighted by atomic mass is 10.1. The molecule has 0 aliphatic heterocycles. The second-order valence-electron chi connectivity index (χ2n) is 4.11. The van der Waals surface area contributed by atoms with E-state index in [1.165, 1.54) is 0 Å². The Balaban J connectivity index is 2.52. The number of aliphatic hydroxyl groups excluding tert-OH is 1. The predicted octanol–water partition coefficient (Wildman–Crippen LogP) is 2.07. The van der Waals surface area contributed by atoms with Gasteiger partial charge in [-0.05, 0) is 45.1 Å². The minimum Gasteiger partial charge on any atom is -0.494 e. The van der Waals surface area contributed by atoms with Crippen LogP contribution in [0.5, 0.6) is 5.75 Å². The zero-order chi connectivity index (χ0) is 12.0. The van der Waals surface area contributed by atoms with E-state index in [2.05, 4.69) is 4.90 Å². The quantitative estimate of drug-likeness (QED) is 0.801. The molecule has 0 aliphatic carbocycles. The van der Waals surface area contributed by atoms with Crippen molar-refractivity contribution in [2.45, 2.75) is 19.4 Å². The Labute approximate surface area is 97.7 Å². The Kier molecular flexibility index (Phi) is 5.29. The number of rotatable bonds is 6. The molecule has 1 unspecified atom stereocenters. The van der Waals surface area contributed by atoms with E-state index >= 15 is 0 Å². The molecule has 0 aromatic heterocycles. The van der Waals surface area contributed by atoms with Gasteiger partial charge >= 0.3 is 0 Å². The molecule has 1 aromatic carbocycles. The molecule has 0 fully saturated rings. The van der Waals surface area contributed by atoms with Gasteiger partial charge in [0.1, 0.15) is 5.75 Å². The Bertz CT molecular complexity index is 295. The maximum atomic E-state index is 9.92. The predicted molar refractivity (Wildman–Crippen MR) is 65.7 cm³/mol. The van der Waals surface area contributed by atoms with Crippen LogP contribution >= 0.6 is 0 Å². The first-order valence-electron chi connectivity index (χ1n) is 5.69. The summed E-state index contributed by atoms with van der Waals surface area (Å²) in [7, 11) is 4.01. The molecule has 16 heavy (non-hydrogen) atoms. The minimum atomic E-state index is -0.391. The van der Waals surface area contributed by atoms with Crippen molar-refractivity contribution in [3.63, 3.8) is 0 Å². The third-order valence-electron chi connectivity index (χ3n) is 2.43. The molecule has 1 N–H and O–H groups in total. The van der Waals surface area contributed by atoms with Crippen LogP contribution in [-0.4, -0.2) is 37.3 Å². The van der Waals surface area contributed by atoms with Crippen LogP contribution in [0.4, 0.5) is 0 Å². The molecule has 90 valence electrons. The van der Waals surface area contributed by atoms with Crippen LogP contribution in [0.1, 0.15) is 25.0 Å². The number of aliphatic hydroxyl groups is 1. The van der Waals surface area contributed by atoms with E-state index < -0.39 is 6.10 Å². The highest BCUT2D eigenvalue weighted by atomic mass is 16.5. The second-order valence-corrected chi connectivity index (χ2v) is 4.11. The van der Waals surface area contributed by atoms with Crippen LogP contribution < -0.4 is 4.74 Å². The number of hydrogen-bond acceptors (Lipinski definition) is 3. The number of nitrogens with zero attached hydrogens (tertiary/aromatic N) is 1. The van der Waals surface area contributed by atoms with Gasteiger partial charge in [0.25, 0.3) is 0 Å². The van der Waals surface area contributed by atoms with Gasteiger partial charge in [-0.15, -0.1) is 0 Å². The zero-order valence-electron chi connectivity index (χ0n) is 10.3. The van der Waals surface area contributed by atoms with Crippen LogP contribution in [0.25, 0.3) is 0 Å². The second kappa shape index (κ2) is 6.51. The van der Waals surface area contributed by atoms with Crippen LogP contribution in [0.3, 0.4) is 0 Å². The fraction of sp³-hybridized carbons (Fsp3) is 0.538. The number of benzene rings is 1. The third kappa shape index (κ3) is 4.21. The van der Waals surface area contributed by atoms with Crippen molar-refractivity contribution in [1.29, 1.82) is 0 Å². The molecule has 0 aliphatic rings. The largest absolute Gasteiger partial charge is 0.494 e. The Morgan fingerprint density at radius 1 is 1.25 bits per heavy atom. The van der Waals surface area contributed by atoms with Crippen LogP contribution in [0.15, 0.2) is 24.3 Å². The molecule has 0 bridgehead atoms. The Morgan fingerprint density at radius 3 is 2.38 bits per heavy atom. The smallest absolute Gasteiger partial charge is 0.119 e. The zero-order valence-corrected chi connectivity index (χ0v) is 10.3. The van der Waals surface area contributed by atoms with Gasteiger partial charge < -0.3 is 14.7 Å². The van der Waals surface area contributed by atoms with E-state index in [1.807, 2.05) is 45.3 Å². The van der Waals surface area contributed by atoms with Crippen LogP contribution in [-0.2, 0) is 0 Å². The highest BCUT2D eigenvalue weighted by Gasteiger charge is 2.07. The van der Waals surface area contributed by atoms with E-state index in [-0.39, 0.29) is 0 Å². The molecule has 3 heteroatoms. The molecule has 0 amide bonds. The molecule has 0 spiro atoms. The summed E-state index contributed by atoms with van der Waals surface area (Å²) < 4.78 is 5.35. The van der Waals surface area contributed by atoms with Crippen molar-refractivity contribution in [2.75, 3.05) is 27.2 Å². The Hall–Kier alpha value is -1.06. The van der Waals surface area contributed by atoms with Crippen molar-refractivity contribution in [3.05, 3.63) is 29.8 Å². The summed E-state index contributed by atoms with van der Waals surface area (Å²) in [5.74, 6) is 0.853. The summed E-state index contributed by atoms with van der Waals surface area (Å²) in [4.78, 5) is 2.07. The molecule has 3 nitrogen and oxygen atoms in total. The van der Waals surface area contributed by atoms with Gasteiger partial charge in [-0.3, -0.25) is 0 Å². The first kappa shape index (κ1) is 13.0. The highest BCUT2D eigenvalue weighted by Crippen LogP contribution is 2.20. The van der Waals surface area contributed by atoms with Crippen molar-refractivity contribution in [1.82, 2.24) is 4.90 Å². The third-order valence-corrected chi connectivity index (χ3v) is 2.43. The normalized spacial score (nSPS) is 12.8. The fourth-order valence-corrected chi connectivity index (χ4v) is 1.50. The minimum absolute atomic E-state index is 0.391. The summed E-state index contributed by atoms with van der Waals surface area (Å²) in [5.41, 5.74) is 0.949. The molecule has 0 radical (unpaired) electrons. The average Bonchev–Trinajstić information content (AvgIpc) is 2.27. The summed E-state index contributed by atoms with van der Waals surface area (Å²) in [6.07, 6.45) is 0.360. The van der Waals surface area contributed by atoms with Gasteiger partial charge in [0.2, 0.25) is 0 Å². The summed E-state index contributed by atoms with van der Waals surface area (Å²) >= 11 is 0. The lowest BCUT2D eigenvalue weighted by molar-refractivity contribution is 0.154. The van der Waals surface area contributed by atoms with Gasteiger partial charge in [-0.2, -0.15) is 0 Å². The van der Waals surface area contributed by atoms with Gasteiger partial charge in [-0.1, -0.05) is 12.1 Å². The van der Waals surface area contributed by atoms with Gasteiger partial charge in [-0.25, -0.2) is 0 Å². The van der Waals surface area contributed by atoms with E-state index in [9.17, 15) is 5.11 Å². The van der Waals surface area contributed by atoms with E-state index in [4.69, 9.17) is 4.74 Å².